The third-order valence-corrected chi connectivity index (χ3v) is 6.83. The molecule has 1 unspecified atom stereocenters. The van der Waals surface area contributed by atoms with Crippen LogP contribution in [0.15, 0.2) is 30.3 Å². The Balaban J connectivity index is 2.20. The third-order valence-electron chi connectivity index (χ3n) is 3.83. The Morgan fingerprint density at radius 2 is 1.50 bits per heavy atom. The molecule has 2 aromatic heterocycles. The minimum atomic E-state index is -3.30. The highest BCUT2D eigenvalue weighted by atomic mass is 31.2. The van der Waals surface area contributed by atoms with E-state index < -0.39 is 13.8 Å². The van der Waals surface area contributed by atoms with Gasteiger partial charge in [-0.15, -0.1) is 5.10 Å². The number of rotatable bonds is 8. The Bertz CT molecular complexity index is 917. The van der Waals surface area contributed by atoms with Crippen LogP contribution in [0, 0.1) is 0 Å². The Morgan fingerprint density at radius 3 is 2.07 bits per heavy atom. The van der Waals surface area contributed by atoms with Crippen molar-refractivity contribution in [3.05, 3.63) is 35.9 Å². The number of benzene rings is 1. The monoisotopic (exact) mass is 406 g/mol. The molecular formula is C19H27N4O4P. The number of aromatic nitrogens is 4. The molecule has 1 aromatic carbocycles. The number of pyridine rings is 1. The van der Waals surface area contributed by atoms with Gasteiger partial charge in [0.05, 0.1) is 5.52 Å². The summed E-state index contributed by atoms with van der Waals surface area (Å²) in [4.78, 5) is 0. The fourth-order valence-electron chi connectivity index (χ4n) is 3.04. The van der Waals surface area contributed by atoms with Crippen LogP contribution in [-0.2, 0) is 13.6 Å². The molecule has 0 bridgehead atoms. The van der Waals surface area contributed by atoms with E-state index in [4.69, 9.17) is 13.6 Å². The van der Waals surface area contributed by atoms with Gasteiger partial charge in [-0.3, -0.25) is 0 Å². The van der Waals surface area contributed by atoms with Gasteiger partial charge in [0, 0.05) is 10.9 Å². The Morgan fingerprint density at radius 1 is 0.929 bits per heavy atom. The maximum atomic E-state index is 13.9. The van der Waals surface area contributed by atoms with Gasteiger partial charge in [0.2, 0.25) is 0 Å². The second kappa shape index (κ2) is 8.35. The SMILES string of the molecule is CC(C)O[P+](OC(C)C)(OC(C)C)C([O-])c1cc2ccccc2n2nnnc12. The average Bonchev–Trinajstić information content (AvgIpc) is 3.08. The first kappa shape index (κ1) is 21.0. The van der Waals surface area contributed by atoms with Gasteiger partial charge >= 0.3 is 7.94 Å². The normalized spacial score (nSPS) is 14.1. The zero-order valence-electron chi connectivity index (χ0n) is 17.1. The zero-order valence-corrected chi connectivity index (χ0v) is 18.0. The van der Waals surface area contributed by atoms with Crippen molar-refractivity contribution in [2.75, 3.05) is 0 Å². The van der Waals surface area contributed by atoms with Crippen LogP contribution in [0.3, 0.4) is 0 Å². The van der Waals surface area contributed by atoms with Gasteiger partial charge in [-0.1, -0.05) is 18.2 Å². The second-order valence-corrected chi connectivity index (χ2v) is 9.61. The molecule has 0 aliphatic heterocycles. The molecule has 0 saturated carbocycles. The summed E-state index contributed by atoms with van der Waals surface area (Å²) in [5.74, 6) is -1.42. The summed E-state index contributed by atoms with van der Waals surface area (Å²) in [6, 6.07) is 9.45. The summed E-state index contributed by atoms with van der Waals surface area (Å²) >= 11 is 0. The molecule has 0 radical (unpaired) electrons. The number of para-hydroxylation sites is 1. The van der Waals surface area contributed by atoms with E-state index >= 15 is 0 Å². The fraction of sp³-hybridized carbons (Fsp3) is 0.526. The first-order valence-corrected chi connectivity index (χ1v) is 11.0. The van der Waals surface area contributed by atoms with E-state index in [1.807, 2.05) is 71.9 Å². The number of nitrogens with zero attached hydrogens (tertiary/aromatic N) is 4. The topological polar surface area (TPSA) is 93.8 Å². The molecule has 3 rings (SSSR count). The number of fused-ring (bicyclic) bond motifs is 3. The molecule has 8 nitrogen and oxygen atoms in total. The number of tetrazole rings is 1. The molecule has 1 atom stereocenters. The van der Waals surface area contributed by atoms with E-state index in [2.05, 4.69) is 15.5 Å². The summed E-state index contributed by atoms with van der Waals surface area (Å²) < 4.78 is 19.8. The van der Waals surface area contributed by atoms with Crippen LogP contribution < -0.4 is 5.11 Å². The quantitative estimate of drug-likeness (QED) is 0.527. The lowest BCUT2D eigenvalue weighted by Crippen LogP contribution is -2.30. The van der Waals surface area contributed by atoms with Crippen molar-refractivity contribution in [2.24, 2.45) is 0 Å². The van der Waals surface area contributed by atoms with Crippen molar-refractivity contribution in [3.8, 4) is 0 Å². The van der Waals surface area contributed by atoms with E-state index in [1.54, 1.807) is 4.52 Å². The molecule has 2 heterocycles. The number of hydrogen-bond donors (Lipinski definition) is 0. The third kappa shape index (κ3) is 4.16. The maximum Gasteiger partial charge on any atom is 0.403 e. The molecule has 9 heteroatoms. The first-order chi connectivity index (χ1) is 13.2. The summed E-state index contributed by atoms with van der Waals surface area (Å²) in [5.41, 5.74) is 1.61. The van der Waals surface area contributed by atoms with Gasteiger partial charge in [-0.25, -0.2) is 0 Å². The standard InChI is InChI=1S/C19H27N4O4P/c1-12(2)25-28(26-13(3)4,27-14(5)6)19(24)16-11-15-9-7-8-10-17(15)23-18(16)20-21-22-23/h7-14,19H,1-6H3. The van der Waals surface area contributed by atoms with Crippen LogP contribution in [0.5, 0.6) is 0 Å². The van der Waals surface area contributed by atoms with E-state index in [-0.39, 0.29) is 18.3 Å². The van der Waals surface area contributed by atoms with Crippen LogP contribution in [-0.4, -0.2) is 38.4 Å². The average molecular weight is 406 g/mol. The predicted octanol–water partition coefficient (Wildman–Crippen LogP) is 3.67. The van der Waals surface area contributed by atoms with Crippen LogP contribution >= 0.6 is 7.94 Å². The van der Waals surface area contributed by atoms with Gasteiger partial charge in [-0.2, -0.15) is 18.1 Å². The molecule has 0 N–H and O–H groups in total. The van der Waals surface area contributed by atoms with Crippen molar-refractivity contribution in [3.63, 3.8) is 0 Å². The molecule has 0 spiro atoms. The second-order valence-electron chi connectivity index (χ2n) is 7.43. The molecule has 0 saturated heterocycles. The van der Waals surface area contributed by atoms with Gasteiger partial charge in [0.25, 0.3) is 0 Å². The molecule has 0 aliphatic rings. The Labute approximate surface area is 165 Å². The molecule has 3 aromatic rings. The van der Waals surface area contributed by atoms with Crippen LogP contribution in [0.1, 0.15) is 53.0 Å². The van der Waals surface area contributed by atoms with E-state index in [1.165, 1.54) is 0 Å². The maximum absolute atomic E-state index is 13.9. The van der Waals surface area contributed by atoms with Crippen molar-refractivity contribution in [1.82, 2.24) is 20.0 Å². The lowest BCUT2D eigenvalue weighted by Gasteiger charge is -2.35. The highest BCUT2D eigenvalue weighted by Gasteiger charge is 2.52. The minimum Gasteiger partial charge on any atom is -0.811 e. The van der Waals surface area contributed by atoms with E-state index in [9.17, 15) is 5.11 Å². The van der Waals surface area contributed by atoms with Gasteiger partial charge in [-0.05, 0) is 64.1 Å². The van der Waals surface area contributed by atoms with E-state index in [0.29, 0.717) is 11.2 Å². The summed E-state index contributed by atoms with van der Waals surface area (Å²) in [6.07, 6.45) is -0.723. The minimum absolute atomic E-state index is 0.241. The van der Waals surface area contributed by atoms with Crippen molar-refractivity contribution in [2.45, 2.75) is 65.7 Å². The lowest BCUT2D eigenvalue weighted by molar-refractivity contribution is -0.402. The van der Waals surface area contributed by atoms with Crippen LogP contribution in [0.25, 0.3) is 16.6 Å². The molecule has 152 valence electrons. The summed E-state index contributed by atoms with van der Waals surface area (Å²) in [7, 11) is -3.30. The molecule has 0 amide bonds. The lowest BCUT2D eigenvalue weighted by atomic mass is 10.1. The van der Waals surface area contributed by atoms with Gasteiger partial charge in [0.1, 0.15) is 24.2 Å². The van der Waals surface area contributed by atoms with Gasteiger partial charge < -0.3 is 5.11 Å². The van der Waals surface area contributed by atoms with Crippen LogP contribution in [0.4, 0.5) is 0 Å². The fourth-order valence-corrected chi connectivity index (χ4v) is 5.81. The van der Waals surface area contributed by atoms with Crippen LogP contribution in [0.2, 0.25) is 0 Å². The molecule has 0 fully saturated rings. The van der Waals surface area contributed by atoms with Crippen molar-refractivity contribution >= 4 is 24.5 Å². The molecule has 0 aliphatic carbocycles. The zero-order chi connectivity index (χ0) is 20.5. The predicted molar refractivity (Wildman–Crippen MR) is 107 cm³/mol. The number of hydrogen-bond acceptors (Lipinski definition) is 7. The molecule has 28 heavy (non-hydrogen) atoms. The Kier molecular flexibility index (Phi) is 6.27. The highest BCUT2D eigenvalue weighted by Crippen LogP contribution is 2.72. The van der Waals surface area contributed by atoms with Crippen molar-refractivity contribution < 1.29 is 18.7 Å². The summed E-state index contributed by atoms with van der Waals surface area (Å²) in [6.45, 7) is 11.2. The highest BCUT2D eigenvalue weighted by molar-refractivity contribution is 7.61. The van der Waals surface area contributed by atoms with Crippen molar-refractivity contribution in [1.29, 1.82) is 0 Å². The van der Waals surface area contributed by atoms with Gasteiger partial charge in [0.15, 0.2) is 5.65 Å². The smallest absolute Gasteiger partial charge is 0.403 e. The van der Waals surface area contributed by atoms with E-state index in [0.717, 1.165) is 10.9 Å². The molecular weight excluding hydrogens is 379 g/mol. The summed E-state index contributed by atoms with van der Waals surface area (Å²) in [5, 5.41) is 26.7. The Hall–Kier alpha value is -1.70. The first-order valence-electron chi connectivity index (χ1n) is 9.43. The largest absolute Gasteiger partial charge is 0.811 e.